The predicted octanol–water partition coefficient (Wildman–Crippen LogP) is 2.00. The van der Waals surface area contributed by atoms with Gasteiger partial charge in [-0.05, 0) is 50.5 Å². The van der Waals surface area contributed by atoms with Crippen LogP contribution in [0.15, 0.2) is 28.7 Å². The van der Waals surface area contributed by atoms with Gasteiger partial charge >= 0.3 is 5.97 Å². The Morgan fingerprint density at radius 1 is 1.48 bits per heavy atom. The van der Waals surface area contributed by atoms with Gasteiger partial charge in [0, 0.05) is 5.56 Å². The van der Waals surface area contributed by atoms with Crippen LogP contribution in [0.1, 0.15) is 25.3 Å². The number of nitrogens with zero attached hydrogens (tertiary/aromatic N) is 2. The normalized spacial score (nSPS) is 20.4. The summed E-state index contributed by atoms with van der Waals surface area (Å²) in [6, 6.07) is 7.94. The van der Waals surface area contributed by atoms with E-state index in [4.69, 9.17) is 21.4 Å². The summed E-state index contributed by atoms with van der Waals surface area (Å²) in [5.41, 5.74) is 2.05. The monoisotopic (exact) mass is 362 g/mol. The van der Waals surface area contributed by atoms with Crippen LogP contribution in [0.2, 0.25) is 0 Å². The van der Waals surface area contributed by atoms with Crippen molar-refractivity contribution in [3.63, 3.8) is 0 Å². The number of aromatic nitrogens is 2. The van der Waals surface area contributed by atoms with E-state index in [1.54, 1.807) is 4.68 Å². The third-order valence-corrected chi connectivity index (χ3v) is 4.89. The lowest BCUT2D eigenvalue weighted by Gasteiger charge is -2.28. The minimum absolute atomic E-state index is 0.0411. The molecule has 1 aromatic heterocycles. The number of benzene rings is 1. The van der Waals surface area contributed by atoms with E-state index >= 15 is 0 Å². The Balaban J connectivity index is 1.72. The molecule has 7 heteroatoms. The Morgan fingerprint density at radius 2 is 2.28 bits per heavy atom. The number of ether oxygens (including phenoxy) is 1. The van der Waals surface area contributed by atoms with Gasteiger partial charge in [-0.1, -0.05) is 18.2 Å². The maximum Gasteiger partial charge on any atom is 0.314 e. The second-order valence-corrected chi connectivity index (χ2v) is 6.79. The number of quaternary nitrogens is 1. The van der Waals surface area contributed by atoms with Crippen molar-refractivity contribution in [3.05, 3.63) is 34.7 Å². The molecule has 2 atom stereocenters. The van der Waals surface area contributed by atoms with Gasteiger partial charge in [-0.2, -0.15) is 4.68 Å². The molecule has 2 aromatic rings. The van der Waals surface area contributed by atoms with Crippen LogP contribution >= 0.6 is 12.2 Å². The summed E-state index contributed by atoms with van der Waals surface area (Å²) in [7, 11) is 0. The quantitative estimate of drug-likeness (QED) is 0.651. The first-order valence-electron chi connectivity index (χ1n) is 8.72. The standard InChI is InChI=1S/C18H23N3O3S/c1-3-23-17(22)14-8-6-10-20(11-14)12-21-18(25)24-16(19-21)15-9-5-4-7-13(15)2/h4-5,7,9,14H,3,6,8,10-12H2,1-2H3/p+1/t14-/m1/s1. The third kappa shape index (κ3) is 4.16. The summed E-state index contributed by atoms with van der Waals surface area (Å²) in [5, 5.41) is 4.55. The summed E-state index contributed by atoms with van der Waals surface area (Å²) in [4.78, 5) is 13.6. The van der Waals surface area contributed by atoms with Crippen LogP contribution in [0.3, 0.4) is 0 Å². The zero-order valence-corrected chi connectivity index (χ0v) is 15.5. The van der Waals surface area contributed by atoms with Gasteiger partial charge in [-0.3, -0.25) is 4.79 Å². The fourth-order valence-corrected chi connectivity index (χ4v) is 3.48. The Hall–Kier alpha value is -1.99. The van der Waals surface area contributed by atoms with Gasteiger partial charge in [0.15, 0.2) is 6.67 Å². The highest BCUT2D eigenvalue weighted by molar-refractivity contribution is 7.71. The second-order valence-electron chi connectivity index (χ2n) is 6.44. The lowest BCUT2D eigenvalue weighted by molar-refractivity contribution is -0.930. The van der Waals surface area contributed by atoms with Crippen molar-refractivity contribution in [2.24, 2.45) is 5.92 Å². The van der Waals surface area contributed by atoms with Crippen molar-refractivity contribution in [1.82, 2.24) is 9.78 Å². The molecule has 3 rings (SSSR count). The van der Waals surface area contributed by atoms with Gasteiger partial charge in [0.05, 0.1) is 19.7 Å². The molecule has 6 nitrogen and oxygen atoms in total. The average Bonchev–Trinajstić information content (AvgIpc) is 2.96. The minimum Gasteiger partial charge on any atom is -0.466 e. The molecule has 25 heavy (non-hydrogen) atoms. The Labute approximate surface area is 152 Å². The maximum atomic E-state index is 12.0. The van der Waals surface area contributed by atoms with Crippen LogP contribution in [0.4, 0.5) is 0 Å². The molecular formula is C18H24N3O3S+. The van der Waals surface area contributed by atoms with Crippen molar-refractivity contribution in [2.75, 3.05) is 19.7 Å². The highest BCUT2D eigenvalue weighted by Gasteiger charge is 2.30. The van der Waals surface area contributed by atoms with Crippen LogP contribution < -0.4 is 4.90 Å². The lowest BCUT2D eigenvalue weighted by Crippen LogP contribution is -3.13. The second kappa shape index (κ2) is 7.93. The molecule has 1 aliphatic heterocycles. The molecule has 0 amide bonds. The Bertz CT molecular complexity index is 799. The van der Waals surface area contributed by atoms with E-state index in [2.05, 4.69) is 5.10 Å². The number of likely N-dealkylation sites (tertiary alicyclic amines) is 1. The van der Waals surface area contributed by atoms with Gasteiger partial charge in [-0.25, -0.2) is 0 Å². The predicted molar refractivity (Wildman–Crippen MR) is 95.6 cm³/mol. The number of carbonyl (C=O) groups is 1. The van der Waals surface area contributed by atoms with Gasteiger partial charge in [-0.15, -0.1) is 5.10 Å². The number of nitrogens with one attached hydrogen (secondary N) is 1. The minimum atomic E-state index is -0.0935. The van der Waals surface area contributed by atoms with E-state index in [0.717, 1.165) is 37.1 Å². The van der Waals surface area contributed by atoms with E-state index in [-0.39, 0.29) is 11.9 Å². The topological polar surface area (TPSA) is 61.7 Å². The number of esters is 1. The fourth-order valence-electron chi connectivity index (χ4n) is 3.30. The summed E-state index contributed by atoms with van der Waals surface area (Å²) >= 11 is 5.34. The molecule has 0 saturated carbocycles. The average molecular weight is 362 g/mol. The molecule has 0 spiro atoms. The van der Waals surface area contributed by atoms with E-state index in [1.807, 2.05) is 38.1 Å². The molecule has 1 saturated heterocycles. The van der Waals surface area contributed by atoms with Crippen molar-refractivity contribution < 1.29 is 18.8 Å². The Kier molecular flexibility index (Phi) is 5.65. The number of hydrogen-bond acceptors (Lipinski definition) is 5. The smallest absolute Gasteiger partial charge is 0.314 e. The maximum absolute atomic E-state index is 12.0. The van der Waals surface area contributed by atoms with Gasteiger partial charge in [0.1, 0.15) is 5.92 Å². The van der Waals surface area contributed by atoms with Crippen LogP contribution in [-0.4, -0.2) is 35.4 Å². The molecule has 1 N–H and O–H groups in total. The molecule has 1 fully saturated rings. The summed E-state index contributed by atoms with van der Waals surface area (Å²) in [6.45, 7) is 6.63. The lowest BCUT2D eigenvalue weighted by atomic mass is 9.99. The summed E-state index contributed by atoms with van der Waals surface area (Å²) < 4.78 is 12.6. The van der Waals surface area contributed by atoms with Crippen LogP contribution in [0.5, 0.6) is 0 Å². The van der Waals surface area contributed by atoms with Crippen molar-refractivity contribution in [1.29, 1.82) is 0 Å². The molecular weight excluding hydrogens is 338 g/mol. The summed E-state index contributed by atoms with van der Waals surface area (Å²) in [6.07, 6.45) is 1.88. The molecule has 2 heterocycles. The first kappa shape index (κ1) is 17.8. The van der Waals surface area contributed by atoms with Crippen molar-refractivity contribution in [2.45, 2.75) is 33.4 Å². The molecule has 1 unspecified atom stereocenters. The van der Waals surface area contributed by atoms with Crippen LogP contribution in [0, 0.1) is 17.7 Å². The first-order chi connectivity index (χ1) is 12.1. The Morgan fingerprint density at radius 3 is 3.04 bits per heavy atom. The third-order valence-electron chi connectivity index (χ3n) is 4.59. The number of hydrogen-bond donors (Lipinski definition) is 1. The van der Waals surface area contributed by atoms with Crippen molar-refractivity contribution >= 4 is 18.2 Å². The van der Waals surface area contributed by atoms with Crippen LogP contribution in [-0.2, 0) is 16.2 Å². The van der Waals surface area contributed by atoms with E-state index in [0.29, 0.717) is 24.0 Å². The molecule has 0 bridgehead atoms. The number of carbonyl (C=O) groups excluding carboxylic acids is 1. The van der Waals surface area contributed by atoms with Gasteiger partial charge in [0.2, 0.25) is 5.89 Å². The number of piperidine rings is 1. The first-order valence-corrected chi connectivity index (χ1v) is 9.13. The van der Waals surface area contributed by atoms with Gasteiger partial charge < -0.3 is 14.1 Å². The van der Waals surface area contributed by atoms with E-state index in [9.17, 15) is 4.79 Å². The van der Waals surface area contributed by atoms with Gasteiger partial charge in [0.25, 0.3) is 4.84 Å². The SMILES string of the molecule is CCOC(=O)[C@@H]1CCC[NH+](Cn2nc(-c3ccccc3C)oc2=S)C1. The summed E-state index contributed by atoms with van der Waals surface area (Å²) in [5.74, 6) is 0.408. The fraction of sp³-hybridized carbons (Fsp3) is 0.500. The molecule has 1 aromatic carbocycles. The zero-order chi connectivity index (χ0) is 17.8. The van der Waals surface area contributed by atoms with E-state index in [1.165, 1.54) is 4.90 Å². The van der Waals surface area contributed by atoms with E-state index < -0.39 is 0 Å². The molecule has 1 aliphatic rings. The molecule has 0 radical (unpaired) electrons. The highest BCUT2D eigenvalue weighted by Crippen LogP contribution is 2.21. The molecule has 0 aliphatic carbocycles. The van der Waals surface area contributed by atoms with Crippen molar-refractivity contribution in [3.8, 4) is 11.5 Å². The number of rotatable bonds is 5. The number of aryl methyl sites for hydroxylation is 1. The highest BCUT2D eigenvalue weighted by atomic mass is 32.1. The molecule has 134 valence electrons. The van der Waals surface area contributed by atoms with Crippen LogP contribution in [0.25, 0.3) is 11.5 Å². The zero-order valence-electron chi connectivity index (χ0n) is 14.7. The largest absolute Gasteiger partial charge is 0.466 e.